The number of aromatic hydroxyl groups is 1. The molecule has 0 aliphatic heterocycles. The van der Waals surface area contributed by atoms with E-state index in [-0.39, 0.29) is 0 Å². The molecule has 1 aliphatic rings. The molecule has 0 aromatic heterocycles. The molecule has 88 valence electrons. The lowest BCUT2D eigenvalue weighted by molar-refractivity contribution is 0.0847. The molecule has 2 atom stereocenters. The number of benzene rings is 1. The quantitative estimate of drug-likeness (QED) is 0.817. The molecular weight excluding hydrogens is 202 g/mol. The zero-order valence-electron chi connectivity index (χ0n) is 9.65. The molecule has 2 N–H and O–H groups in total. The third kappa shape index (κ3) is 2.74. The summed E-state index contributed by atoms with van der Waals surface area (Å²) in [6.45, 7) is 0.791. The molecule has 0 saturated heterocycles. The molecule has 1 aromatic carbocycles. The topological polar surface area (TPSA) is 41.5 Å². The van der Waals surface area contributed by atoms with Gasteiger partial charge < -0.3 is 15.2 Å². The summed E-state index contributed by atoms with van der Waals surface area (Å²) in [5.41, 5.74) is 1.11. The Morgan fingerprint density at radius 1 is 1.44 bits per heavy atom. The number of methoxy groups -OCH3 is 1. The lowest BCUT2D eigenvalue weighted by Crippen LogP contribution is -2.36. The Bertz CT molecular complexity index is 340. The lowest BCUT2D eigenvalue weighted by atomic mass is 10.1. The fraction of sp³-hybridized carbons (Fsp3) is 0.538. The number of nitrogens with one attached hydrogen (secondary N) is 1. The molecule has 2 unspecified atom stereocenters. The number of rotatable bonds is 4. The maximum absolute atomic E-state index is 9.35. The van der Waals surface area contributed by atoms with Crippen LogP contribution in [-0.2, 0) is 11.3 Å². The SMILES string of the molecule is COC1CCCC1NCc1cccc(O)c1. The van der Waals surface area contributed by atoms with Crippen LogP contribution in [-0.4, -0.2) is 24.4 Å². The van der Waals surface area contributed by atoms with Crippen molar-refractivity contribution < 1.29 is 9.84 Å². The van der Waals surface area contributed by atoms with Gasteiger partial charge in [-0.3, -0.25) is 0 Å². The van der Waals surface area contributed by atoms with Gasteiger partial charge in [0.1, 0.15) is 5.75 Å². The van der Waals surface area contributed by atoms with Crippen LogP contribution in [0.5, 0.6) is 5.75 Å². The van der Waals surface area contributed by atoms with E-state index in [1.54, 1.807) is 19.2 Å². The second kappa shape index (κ2) is 5.32. The van der Waals surface area contributed by atoms with Crippen molar-refractivity contribution in [2.24, 2.45) is 0 Å². The average molecular weight is 221 g/mol. The van der Waals surface area contributed by atoms with Gasteiger partial charge in [-0.1, -0.05) is 12.1 Å². The highest BCUT2D eigenvalue weighted by atomic mass is 16.5. The van der Waals surface area contributed by atoms with Crippen LogP contribution in [0.4, 0.5) is 0 Å². The predicted molar refractivity (Wildman–Crippen MR) is 63.4 cm³/mol. The minimum absolute atomic E-state index is 0.328. The van der Waals surface area contributed by atoms with Crippen molar-refractivity contribution in [1.82, 2.24) is 5.32 Å². The first-order chi connectivity index (χ1) is 7.79. The van der Waals surface area contributed by atoms with Crippen LogP contribution < -0.4 is 5.32 Å². The van der Waals surface area contributed by atoms with Gasteiger partial charge in [-0.05, 0) is 37.0 Å². The predicted octanol–water partition coefficient (Wildman–Crippen LogP) is 2.05. The molecule has 1 fully saturated rings. The van der Waals surface area contributed by atoms with E-state index in [2.05, 4.69) is 5.32 Å². The van der Waals surface area contributed by atoms with Crippen LogP contribution in [0.3, 0.4) is 0 Å². The summed E-state index contributed by atoms with van der Waals surface area (Å²) < 4.78 is 5.42. The number of hydrogen-bond donors (Lipinski definition) is 2. The monoisotopic (exact) mass is 221 g/mol. The third-order valence-corrected chi connectivity index (χ3v) is 3.23. The molecule has 0 amide bonds. The van der Waals surface area contributed by atoms with Gasteiger partial charge in [0.25, 0.3) is 0 Å². The fourth-order valence-electron chi connectivity index (χ4n) is 2.36. The fourth-order valence-corrected chi connectivity index (χ4v) is 2.36. The van der Waals surface area contributed by atoms with E-state index in [9.17, 15) is 5.11 Å². The van der Waals surface area contributed by atoms with Crippen LogP contribution in [0.25, 0.3) is 0 Å². The molecule has 0 heterocycles. The van der Waals surface area contributed by atoms with Crippen LogP contribution in [0.2, 0.25) is 0 Å². The Hall–Kier alpha value is -1.06. The van der Waals surface area contributed by atoms with Crippen LogP contribution >= 0.6 is 0 Å². The molecular formula is C13H19NO2. The molecule has 2 rings (SSSR count). The van der Waals surface area contributed by atoms with Crippen LogP contribution in [0, 0.1) is 0 Å². The van der Waals surface area contributed by atoms with Crippen molar-refractivity contribution in [2.75, 3.05) is 7.11 Å². The summed E-state index contributed by atoms with van der Waals surface area (Å²) >= 11 is 0. The van der Waals surface area contributed by atoms with Crippen molar-refractivity contribution in [2.45, 2.75) is 38.0 Å². The number of phenols is 1. The first kappa shape index (κ1) is 11.4. The molecule has 1 aliphatic carbocycles. The van der Waals surface area contributed by atoms with Crippen molar-refractivity contribution in [3.8, 4) is 5.75 Å². The summed E-state index contributed by atoms with van der Waals surface area (Å²) in [6, 6.07) is 7.83. The lowest BCUT2D eigenvalue weighted by Gasteiger charge is -2.19. The van der Waals surface area contributed by atoms with Crippen molar-refractivity contribution in [1.29, 1.82) is 0 Å². The summed E-state index contributed by atoms with van der Waals surface area (Å²) in [7, 11) is 1.78. The molecule has 0 radical (unpaired) electrons. The number of hydrogen-bond acceptors (Lipinski definition) is 3. The Morgan fingerprint density at radius 2 is 2.31 bits per heavy atom. The van der Waals surface area contributed by atoms with E-state index in [1.807, 2.05) is 12.1 Å². The zero-order chi connectivity index (χ0) is 11.4. The molecule has 3 heteroatoms. The zero-order valence-corrected chi connectivity index (χ0v) is 9.65. The van der Waals surface area contributed by atoms with E-state index in [0.29, 0.717) is 17.9 Å². The van der Waals surface area contributed by atoms with Gasteiger partial charge in [-0.15, -0.1) is 0 Å². The Kier molecular flexibility index (Phi) is 3.80. The third-order valence-electron chi connectivity index (χ3n) is 3.23. The maximum atomic E-state index is 9.35. The highest BCUT2D eigenvalue weighted by Gasteiger charge is 2.26. The van der Waals surface area contributed by atoms with Crippen molar-refractivity contribution in [3.05, 3.63) is 29.8 Å². The second-order valence-electron chi connectivity index (χ2n) is 4.36. The highest BCUT2D eigenvalue weighted by molar-refractivity contribution is 5.27. The number of ether oxygens (including phenoxy) is 1. The Labute approximate surface area is 96.4 Å². The van der Waals surface area contributed by atoms with Crippen molar-refractivity contribution in [3.63, 3.8) is 0 Å². The van der Waals surface area contributed by atoms with Crippen LogP contribution in [0.15, 0.2) is 24.3 Å². The van der Waals surface area contributed by atoms with Gasteiger partial charge in [0, 0.05) is 19.7 Å². The molecule has 0 bridgehead atoms. The average Bonchev–Trinajstić information content (AvgIpc) is 2.74. The molecule has 0 spiro atoms. The normalized spacial score (nSPS) is 24.8. The minimum Gasteiger partial charge on any atom is -0.508 e. The second-order valence-corrected chi connectivity index (χ2v) is 4.36. The number of phenolic OH excluding ortho intramolecular Hbond substituents is 1. The summed E-state index contributed by atoms with van der Waals surface area (Å²) in [5.74, 6) is 0.328. The van der Waals surface area contributed by atoms with Gasteiger partial charge >= 0.3 is 0 Å². The Balaban J connectivity index is 1.87. The van der Waals surface area contributed by atoms with E-state index in [1.165, 1.54) is 12.8 Å². The first-order valence-electron chi connectivity index (χ1n) is 5.83. The minimum atomic E-state index is 0.328. The summed E-state index contributed by atoms with van der Waals surface area (Å²) in [4.78, 5) is 0. The van der Waals surface area contributed by atoms with E-state index in [0.717, 1.165) is 18.5 Å². The van der Waals surface area contributed by atoms with E-state index in [4.69, 9.17) is 4.74 Å². The molecule has 1 aromatic rings. The largest absolute Gasteiger partial charge is 0.508 e. The van der Waals surface area contributed by atoms with Crippen molar-refractivity contribution >= 4 is 0 Å². The highest BCUT2D eigenvalue weighted by Crippen LogP contribution is 2.22. The standard InChI is InChI=1S/C13H19NO2/c1-16-13-7-3-6-12(13)14-9-10-4-2-5-11(15)8-10/h2,4-5,8,12-15H,3,6-7,9H2,1H3. The van der Waals surface area contributed by atoms with E-state index < -0.39 is 0 Å². The van der Waals surface area contributed by atoms with Gasteiger partial charge in [-0.2, -0.15) is 0 Å². The molecule has 16 heavy (non-hydrogen) atoms. The first-order valence-corrected chi connectivity index (χ1v) is 5.83. The molecule has 3 nitrogen and oxygen atoms in total. The smallest absolute Gasteiger partial charge is 0.115 e. The van der Waals surface area contributed by atoms with Crippen LogP contribution in [0.1, 0.15) is 24.8 Å². The van der Waals surface area contributed by atoms with Gasteiger partial charge in [0.2, 0.25) is 0 Å². The maximum Gasteiger partial charge on any atom is 0.115 e. The summed E-state index contributed by atoms with van der Waals surface area (Å²) in [6.07, 6.45) is 3.90. The van der Waals surface area contributed by atoms with E-state index >= 15 is 0 Å². The van der Waals surface area contributed by atoms with Gasteiger partial charge in [0.15, 0.2) is 0 Å². The summed E-state index contributed by atoms with van der Waals surface area (Å²) in [5, 5.41) is 12.8. The Morgan fingerprint density at radius 3 is 3.06 bits per heavy atom. The molecule has 1 saturated carbocycles. The van der Waals surface area contributed by atoms with Gasteiger partial charge in [-0.25, -0.2) is 0 Å². The van der Waals surface area contributed by atoms with Gasteiger partial charge in [0.05, 0.1) is 6.10 Å².